The number of aromatic amines is 1. The van der Waals surface area contributed by atoms with Gasteiger partial charge in [0.1, 0.15) is 23.6 Å². The highest BCUT2D eigenvalue weighted by atomic mass is 16.3. The van der Waals surface area contributed by atoms with Gasteiger partial charge in [-0.05, 0) is 42.5 Å². The monoisotopic (exact) mass is 276 g/mol. The zero-order chi connectivity index (χ0) is 14.1. The van der Waals surface area contributed by atoms with Gasteiger partial charge in [0.2, 0.25) is 0 Å². The van der Waals surface area contributed by atoms with Gasteiger partial charge in [0.25, 0.3) is 0 Å². The quantitative estimate of drug-likeness (QED) is 0.594. The first-order valence-electron chi connectivity index (χ1n) is 6.59. The van der Waals surface area contributed by atoms with Gasteiger partial charge < -0.3 is 14.7 Å². The number of nitrogens with one attached hydrogen (secondary N) is 2. The number of hydrogen-bond acceptors (Lipinski definition) is 4. The summed E-state index contributed by atoms with van der Waals surface area (Å²) in [5.41, 5.74) is 2.83. The SMILES string of the molecule is c1coc(-c2ccc(Nc3ncnc4[nH]ccc34)cc2)c1. The van der Waals surface area contributed by atoms with Gasteiger partial charge in [-0.2, -0.15) is 0 Å². The van der Waals surface area contributed by atoms with Crippen LogP contribution in [0.25, 0.3) is 22.4 Å². The number of anilines is 2. The van der Waals surface area contributed by atoms with Crippen LogP contribution in [0.1, 0.15) is 0 Å². The van der Waals surface area contributed by atoms with Crippen LogP contribution in [0.3, 0.4) is 0 Å². The van der Waals surface area contributed by atoms with E-state index in [9.17, 15) is 0 Å². The predicted octanol–water partition coefficient (Wildman–Crippen LogP) is 3.96. The summed E-state index contributed by atoms with van der Waals surface area (Å²) in [7, 11) is 0. The van der Waals surface area contributed by atoms with E-state index in [1.54, 1.807) is 12.6 Å². The van der Waals surface area contributed by atoms with Gasteiger partial charge in [0, 0.05) is 17.4 Å². The minimum absolute atomic E-state index is 0.784. The molecule has 0 saturated heterocycles. The van der Waals surface area contributed by atoms with Crippen LogP contribution in [-0.2, 0) is 0 Å². The molecule has 5 nitrogen and oxygen atoms in total. The van der Waals surface area contributed by atoms with Gasteiger partial charge in [-0.3, -0.25) is 0 Å². The molecule has 2 N–H and O–H groups in total. The minimum atomic E-state index is 0.784. The van der Waals surface area contributed by atoms with Crippen molar-refractivity contribution in [3.8, 4) is 11.3 Å². The number of aromatic nitrogens is 3. The van der Waals surface area contributed by atoms with Gasteiger partial charge in [0.15, 0.2) is 0 Å². The first kappa shape index (κ1) is 11.7. The van der Waals surface area contributed by atoms with E-state index in [2.05, 4.69) is 20.3 Å². The van der Waals surface area contributed by atoms with Crippen molar-refractivity contribution in [2.24, 2.45) is 0 Å². The molecule has 0 bridgehead atoms. The topological polar surface area (TPSA) is 66.7 Å². The molecule has 0 radical (unpaired) electrons. The fraction of sp³-hybridized carbons (Fsp3) is 0. The van der Waals surface area contributed by atoms with Gasteiger partial charge in [-0.15, -0.1) is 0 Å². The zero-order valence-electron chi connectivity index (χ0n) is 11.1. The van der Waals surface area contributed by atoms with Gasteiger partial charge >= 0.3 is 0 Å². The maximum Gasteiger partial charge on any atom is 0.143 e. The van der Waals surface area contributed by atoms with Crippen LogP contribution < -0.4 is 5.32 Å². The van der Waals surface area contributed by atoms with E-state index in [0.717, 1.165) is 33.9 Å². The molecule has 0 spiro atoms. The van der Waals surface area contributed by atoms with Crippen molar-refractivity contribution >= 4 is 22.5 Å². The van der Waals surface area contributed by atoms with Crippen LogP contribution >= 0.6 is 0 Å². The summed E-state index contributed by atoms with van der Waals surface area (Å²) in [4.78, 5) is 11.5. The molecular formula is C16H12N4O. The number of nitrogens with zero attached hydrogens (tertiary/aromatic N) is 2. The van der Waals surface area contributed by atoms with E-state index in [4.69, 9.17) is 4.42 Å². The Morgan fingerprint density at radius 3 is 2.71 bits per heavy atom. The number of rotatable bonds is 3. The summed E-state index contributed by atoms with van der Waals surface area (Å²) in [6, 6.07) is 13.8. The van der Waals surface area contributed by atoms with Crippen molar-refractivity contribution in [1.82, 2.24) is 15.0 Å². The smallest absolute Gasteiger partial charge is 0.143 e. The summed E-state index contributed by atoms with van der Waals surface area (Å²) in [5, 5.41) is 4.27. The summed E-state index contributed by atoms with van der Waals surface area (Å²) < 4.78 is 5.38. The number of hydrogen-bond donors (Lipinski definition) is 2. The summed E-state index contributed by atoms with van der Waals surface area (Å²) >= 11 is 0. The molecule has 0 atom stereocenters. The van der Waals surface area contributed by atoms with Crippen molar-refractivity contribution < 1.29 is 4.42 Å². The molecule has 0 aliphatic heterocycles. The molecule has 4 rings (SSSR count). The van der Waals surface area contributed by atoms with E-state index < -0.39 is 0 Å². The largest absolute Gasteiger partial charge is 0.464 e. The normalized spacial score (nSPS) is 10.9. The Morgan fingerprint density at radius 2 is 1.90 bits per heavy atom. The molecule has 3 aromatic heterocycles. The maximum atomic E-state index is 5.38. The molecule has 5 heteroatoms. The molecule has 0 amide bonds. The number of furan rings is 1. The molecule has 0 unspecified atom stereocenters. The Kier molecular flexibility index (Phi) is 2.67. The summed E-state index contributed by atoms with van der Waals surface area (Å²) in [6.45, 7) is 0. The lowest BCUT2D eigenvalue weighted by Gasteiger charge is -2.07. The van der Waals surface area contributed by atoms with Crippen LogP contribution in [0.15, 0.2) is 65.7 Å². The molecule has 1 aromatic carbocycles. The average molecular weight is 276 g/mol. The molecular weight excluding hydrogens is 264 g/mol. The number of fused-ring (bicyclic) bond motifs is 1. The molecule has 4 aromatic rings. The third kappa shape index (κ3) is 2.14. The first-order valence-corrected chi connectivity index (χ1v) is 6.59. The highest BCUT2D eigenvalue weighted by Crippen LogP contribution is 2.25. The van der Waals surface area contributed by atoms with Crippen LogP contribution in [-0.4, -0.2) is 15.0 Å². The molecule has 0 aliphatic rings. The third-order valence-corrected chi connectivity index (χ3v) is 3.31. The van der Waals surface area contributed by atoms with Gasteiger partial charge in [0.05, 0.1) is 11.6 Å². The molecule has 0 fully saturated rings. The van der Waals surface area contributed by atoms with E-state index in [-0.39, 0.29) is 0 Å². The van der Waals surface area contributed by atoms with Crippen molar-refractivity contribution in [2.45, 2.75) is 0 Å². The Morgan fingerprint density at radius 1 is 1.00 bits per heavy atom. The summed E-state index contributed by atoms with van der Waals surface area (Å²) in [6.07, 6.45) is 5.06. The maximum absolute atomic E-state index is 5.38. The number of H-pyrrole nitrogens is 1. The van der Waals surface area contributed by atoms with Gasteiger partial charge in [-0.25, -0.2) is 9.97 Å². The van der Waals surface area contributed by atoms with Crippen LogP contribution in [0.2, 0.25) is 0 Å². The Bertz CT molecular complexity index is 863. The lowest BCUT2D eigenvalue weighted by molar-refractivity contribution is 0.582. The standard InChI is InChI=1S/C16H12N4O/c1-2-14(21-9-1)11-3-5-12(6-4-11)20-16-13-7-8-17-15(13)18-10-19-16/h1-10H,(H2,17,18,19,20). The molecule has 0 saturated carbocycles. The predicted molar refractivity (Wildman–Crippen MR) is 81.3 cm³/mol. The van der Waals surface area contributed by atoms with Crippen molar-refractivity contribution in [1.29, 1.82) is 0 Å². The van der Waals surface area contributed by atoms with Crippen molar-refractivity contribution in [2.75, 3.05) is 5.32 Å². The van der Waals surface area contributed by atoms with Gasteiger partial charge in [-0.1, -0.05) is 0 Å². The lowest BCUT2D eigenvalue weighted by Crippen LogP contribution is -1.94. The second kappa shape index (κ2) is 4.79. The van der Waals surface area contributed by atoms with E-state index in [0.29, 0.717) is 0 Å². The second-order valence-corrected chi connectivity index (χ2v) is 4.64. The van der Waals surface area contributed by atoms with Crippen molar-refractivity contribution in [3.05, 3.63) is 61.3 Å². The molecule has 3 heterocycles. The van der Waals surface area contributed by atoms with Crippen LogP contribution in [0.4, 0.5) is 11.5 Å². The van der Waals surface area contributed by atoms with Crippen LogP contribution in [0, 0.1) is 0 Å². The average Bonchev–Trinajstić information content (AvgIpc) is 3.20. The highest BCUT2D eigenvalue weighted by molar-refractivity contribution is 5.88. The Hall–Kier alpha value is -3.08. The third-order valence-electron chi connectivity index (χ3n) is 3.31. The van der Waals surface area contributed by atoms with E-state index in [1.165, 1.54) is 0 Å². The minimum Gasteiger partial charge on any atom is -0.464 e. The lowest BCUT2D eigenvalue weighted by atomic mass is 10.1. The molecule has 21 heavy (non-hydrogen) atoms. The fourth-order valence-corrected chi connectivity index (χ4v) is 2.27. The highest BCUT2D eigenvalue weighted by Gasteiger charge is 2.05. The number of benzene rings is 1. The summed E-state index contributed by atoms with van der Waals surface area (Å²) in [5.74, 6) is 1.64. The zero-order valence-corrected chi connectivity index (χ0v) is 11.1. The second-order valence-electron chi connectivity index (χ2n) is 4.64. The van der Waals surface area contributed by atoms with E-state index >= 15 is 0 Å². The Balaban J connectivity index is 1.64. The first-order chi connectivity index (χ1) is 10.4. The Labute approximate surface area is 120 Å². The van der Waals surface area contributed by atoms with Crippen molar-refractivity contribution in [3.63, 3.8) is 0 Å². The van der Waals surface area contributed by atoms with Crippen LogP contribution in [0.5, 0.6) is 0 Å². The fourth-order valence-electron chi connectivity index (χ4n) is 2.27. The molecule has 102 valence electrons. The molecule has 0 aliphatic carbocycles. The van der Waals surface area contributed by atoms with E-state index in [1.807, 2.05) is 48.7 Å².